The lowest BCUT2D eigenvalue weighted by molar-refractivity contribution is -0.146. The van der Waals surface area contributed by atoms with E-state index in [0.717, 1.165) is 0 Å². The molecule has 1 rings (SSSR count). The van der Waals surface area contributed by atoms with Gasteiger partial charge in [0.2, 0.25) is 5.75 Å². The number of aliphatic carboxylic acids is 1. The average molecular weight is 296 g/mol. The molecule has 0 saturated heterocycles. The number of rotatable bonds is 7. The minimum Gasteiger partial charge on any atom is -0.493 e. The van der Waals surface area contributed by atoms with Crippen LogP contribution in [0.1, 0.15) is 30.6 Å². The van der Waals surface area contributed by atoms with Gasteiger partial charge in [-0.25, -0.2) is 0 Å². The van der Waals surface area contributed by atoms with Crippen LogP contribution in [-0.4, -0.2) is 38.2 Å². The maximum Gasteiger partial charge on any atom is 0.309 e. The summed E-state index contributed by atoms with van der Waals surface area (Å²) in [6, 6.07) is 3.13. The van der Waals surface area contributed by atoms with Crippen molar-refractivity contribution in [2.24, 2.45) is 5.41 Å². The number of hydrogen-bond acceptors (Lipinski definition) is 5. The van der Waals surface area contributed by atoms with Crippen molar-refractivity contribution < 1.29 is 28.9 Å². The van der Waals surface area contributed by atoms with Crippen molar-refractivity contribution in [3.63, 3.8) is 0 Å². The van der Waals surface area contributed by atoms with Gasteiger partial charge in [0.05, 0.1) is 32.3 Å². The Labute approximate surface area is 123 Å². The van der Waals surface area contributed by atoms with Gasteiger partial charge in [0, 0.05) is 6.42 Å². The average Bonchev–Trinajstić information content (AvgIpc) is 2.44. The van der Waals surface area contributed by atoms with Crippen LogP contribution in [-0.2, 0) is 4.79 Å². The van der Waals surface area contributed by atoms with E-state index in [9.17, 15) is 9.59 Å². The predicted octanol–water partition coefficient (Wildman–Crippen LogP) is 2.40. The largest absolute Gasteiger partial charge is 0.493 e. The van der Waals surface area contributed by atoms with Crippen molar-refractivity contribution in [1.82, 2.24) is 0 Å². The Hall–Kier alpha value is -2.24. The molecule has 0 saturated carbocycles. The molecule has 0 unspecified atom stereocenters. The summed E-state index contributed by atoms with van der Waals surface area (Å²) in [5, 5.41) is 9.12. The van der Waals surface area contributed by atoms with Gasteiger partial charge in [-0.1, -0.05) is 0 Å². The van der Waals surface area contributed by atoms with Gasteiger partial charge in [0.25, 0.3) is 0 Å². The van der Waals surface area contributed by atoms with E-state index in [1.165, 1.54) is 35.2 Å². The number of Topliss-reactive ketones (excluding diaryl/α,β-unsaturated/α-hetero) is 1. The lowest BCUT2D eigenvalue weighted by atomic mass is 9.85. The zero-order chi connectivity index (χ0) is 16.2. The molecule has 1 aromatic carbocycles. The molecule has 0 aliphatic heterocycles. The molecular weight excluding hydrogens is 276 g/mol. The summed E-state index contributed by atoms with van der Waals surface area (Å²) in [7, 11) is 4.33. The zero-order valence-electron chi connectivity index (χ0n) is 12.9. The molecule has 0 aliphatic carbocycles. The standard InChI is InChI=1S/C15H20O6/c1-15(2,14(17)18)8-10(16)9-6-7-11(19-3)13(21-5)12(9)20-4/h6-7H,8H2,1-5H3,(H,17,18). The second kappa shape index (κ2) is 6.47. The molecule has 116 valence electrons. The molecule has 1 N–H and O–H groups in total. The van der Waals surface area contributed by atoms with E-state index in [4.69, 9.17) is 19.3 Å². The van der Waals surface area contributed by atoms with Crippen LogP contribution >= 0.6 is 0 Å². The fraction of sp³-hybridized carbons (Fsp3) is 0.467. The van der Waals surface area contributed by atoms with Gasteiger partial charge >= 0.3 is 5.97 Å². The van der Waals surface area contributed by atoms with Crippen molar-refractivity contribution in [2.75, 3.05) is 21.3 Å². The Morgan fingerprint density at radius 3 is 2.05 bits per heavy atom. The monoisotopic (exact) mass is 296 g/mol. The number of ketones is 1. The number of carboxylic acids is 1. The van der Waals surface area contributed by atoms with Crippen LogP contribution in [0.3, 0.4) is 0 Å². The van der Waals surface area contributed by atoms with E-state index in [1.807, 2.05) is 0 Å². The van der Waals surface area contributed by atoms with E-state index >= 15 is 0 Å². The topological polar surface area (TPSA) is 82.1 Å². The Kier molecular flexibility index (Phi) is 5.18. The molecule has 0 atom stereocenters. The highest BCUT2D eigenvalue weighted by Crippen LogP contribution is 2.40. The van der Waals surface area contributed by atoms with Crippen LogP contribution < -0.4 is 14.2 Å². The van der Waals surface area contributed by atoms with Crippen molar-refractivity contribution in [3.8, 4) is 17.2 Å². The first-order chi connectivity index (χ1) is 9.78. The molecule has 1 aromatic rings. The number of benzene rings is 1. The summed E-state index contributed by atoms with van der Waals surface area (Å²) < 4.78 is 15.6. The Balaban J connectivity index is 3.25. The van der Waals surface area contributed by atoms with Crippen molar-refractivity contribution >= 4 is 11.8 Å². The normalized spacial score (nSPS) is 10.9. The summed E-state index contributed by atoms with van der Waals surface area (Å²) in [6.45, 7) is 3.00. The van der Waals surface area contributed by atoms with Crippen LogP contribution in [0.5, 0.6) is 17.2 Å². The van der Waals surface area contributed by atoms with Gasteiger partial charge in [-0.15, -0.1) is 0 Å². The van der Waals surface area contributed by atoms with Gasteiger partial charge in [0.1, 0.15) is 0 Å². The highest BCUT2D eigenvalue weighted by Gasteiger charge is 2.32. The number of hydrogen-bond donors (Lipinski definition) is 1. The number of carbonyl (C=O) groups is 2. The first-order valence-corrected chi connectivity index (χ1v) is 6.34. The molecule has 0 fully saturated rings. The van der Waals surface area contributed by atoms with Gasteiger partial charge < -0.3 is 19.3 Å². The molecule has 0 bridgehead atoms. The minimum atomic E-state index is -1.16. The lowest BCUT2D eigenvalue weighted by Crippen LogP contribution is -2.27. The summed E-state index contributed by atoms with van der Waals surface area (Å²) >= 11 is 0. The van der Waals surface area contributed by atoms with Crippen LogP contribution in [0.15, 0.2) is 12.1 Å². The summed E-state index contributed by atoms with van der Waals surface area (Å²) in [6.07, 6.45) is -0.145. The number of methoxy groups -OCH3 is 3. The molecule has 0 aliphatic rings. The third-order valence-corrected chi connectivity index (χ3v) is 3.19. The predicted molar refractivity (Wildman–Crippen MR) is 76.5 cm³/mol. The second-order valence-electron chi connectivity index (χ2n) is 5.17. The molecule has 0 heterocycles. The van der Waals surface area contributed by atoms with E-state index < -0.39 is 11.4 Å². The second-order valence-corrected chi connectivity index (χ2v) is 5.17. The molecular formula is C15H20O6. The van der Waals surface area contributed by atoms with Gasteiger partial charge in [-0.3, -0.25) is 9.59 Å². The fourth-order valence-corrected chi connectivity index (χ4v) is 1.89. The summed E-state index contributed by atoms with van der Waals surface area (Å²) in [5.41, 5.74) is -0.889. The first kappa shape index (κ1) is 16.8. The van der Waals surface area contributed by atoms with Crippen molar-refractivity contribution in [2.45, 2.75) is 20.3 Å². The van der Waals surface area contributed by atoms with Crippen LogP contribution in [0.2, 0.25) is 0 Å². The van der Waals surface area contributed by atoms with Gasteiger partial charge in [-0.2, -0.15) is 0 Å². The highest BCUT2D eigenvalue weighted by molar-refractivity contribution is 6.02. The molecule has 6 heteroatoms. The van der Waals surface area contributed by atoms with Gasteiger partial charge in [0.15, 0.2) is 17.3 Å². The SMILES string of the molecule is COc1ccc(C(=O)CC(C)(C)C(=O)O)c(OC)c1OC. The fourth-order valence-electron chi connectivity index (χ4n) is 1.89. The molecule has 0 aromatic heterocycles. The van der Waals surface area contributed by atoms with Crippen LogP contribution in [0.4, 0.5) is 0 Å². The first-order valence-electron chi connectivity index (χ1n) is 6.34. The number of carbonyl (C=O) groups excluding carboxylic acids is 1. The lowest BCUT2D eigenvalue weighted by Gasteiger charge is -2.20. The summed E-state index contributed by atoms with van der Waals surface area (Å²) in [4.78, 5) is 23.5. The van der Waals surface area contributed by atoms with E-state index in [-0.39, 0.29) is 23.5 Å². The Morgan fingerprint density at radius 1 is 1.05 bits per heavy atom. The zero-order valence-corrected chi connectivity index (χ0v) is 12.9. The number of carboxylic acid groups (broad SMARTS) is 1. The molecule has 6 nitrogen and oxygen atoms in total. The summed E-state index contributed by atoms with van der Waals surface area (Å²) in [5.74, 6) is -0.388. The quantitative estimate of drug-likeness (QED) is 0.778. The molecule has 0 spiro atoms. The van der Waals surface area contributed by atoms with Crippen LogP contribution in [0.25, 0.3) is 0 Å². The Bertz CT molecular complexity index is 547. The van der Waals surface area contributed by atoms with E-state index in [1.54, 1.807) is 12.1 Å². The smallest absolute Gasteiger partial charge is 0.309 e. The van der Waals surface area contributed by atoms with Crippen molar-refractivity contribution in [3.05, 3.63) is 17.7 Å². The van der Waals surface area contributed by atoms with Crippen molar-refractivity contribution in [1.29, 1.82) is 0 Å². The van der Waals surface area contributed by atoms with E-state index in [2.05, 4.69) is 0 Å². The van der Waals surface area contributed by atoms with E-state index in [0.29, 0.717) is 11.5 Å². The Morgan fingerprint density at radius 2 is 1.62 bits per heavy atom. The molecule has 0 amide bonds. The van der Waals surface area contributed by atoms with Crippen LogP contribution in [0, 0.1) is 5.41 Å². The minimum absolute atomic E-state index is 0.145. The third kappa shape index (κ3) is 3.45. The number of ether oxygens (including phenoxy) is 3. The van der Waals surface area contributed by atoms with Gasteiger partial charge in [-0.05, 0) is 26.0 Å². The molecule has 0 radical (unpaired) electrons. The maximum atomic E-state index is 12.4. The molecule has 21 heavy (non-hydrogen) atoms. The third-order valence-electron chi connectivity index (χ3n) is 3.19. The maximum absolute atomic E-state index is 12.4. The highest BCUT2D eigenvalue weighted by atomic mass is 16.5.